The number of halogens is 1. The third-order valence-corrected chi connectivity index (χ3v) is 2.10. The maximum absolute atomic E-state index is 5.34. The van der Waals surface area contributed by atoms with Gasteiger partial charge in [-0.15, -0.1) is 0 Å². The molecule has 0 saturated heterocycles. The first-order valence-electron chi connectivity index (χ1n) is 2.95. The van der Waals surface area contributed by atoms with Crippen molar-refractivity contribution in [1.82, 2.24) is 0 Å². The first-order chi connectivity index (χ1) is 4.06. The van der Waals surface area contributed by atoms with E-state index in [0.29, 0.717) is 4.75 Å². The molecule has 0 aliphatic carbocycles. The standard InChI is InChI=1S/C7H13ClS/c1-7(2,3)9-6-4-5-8/h4-5H,6H2,1-3H3. The van der Waals surface area contributed by atoms with Gasteiger partial charge in [0.2, 0.25) is 0 Å². The van der Waals surface area contributed by atoms with E-state index >= 15 is 0 Å². The monoisotopic (exact) mass is 164 g/mol. The lowest BCUT2D eigenvalue weighted by Crippen LogP contribution is -2.07. The largest absolute Gasteiger partial charge is 0.152 e. The zero-order valence-electron chi connectivity index (χ0n) is 6.15. The molecule has 0 radical (unpaired) electrons. The molecule has 0 nitrogen and oxygen atoms in total. The van der Waals surface area contributed by atoms with Gasteiger partial charge in [0.1, 0.15) is 0 Å². The van der Waals surface area contributed by atoms with Gasteiger partial charge in [-0.1, -0.05) is 38.4 Å². The van der Waals surface area contributed by atoms with Crippen molar-refractivity contribution in [3.63, 3.8) is 0 Å². The minimum Gasteiger partial charge on any atom is -0.152 e. The SMILES string of the molecule is CC(C)(C)SCC=CCl. The Morgan fingerprint density at radius 1 is 1.44 bits per heavy atom. The van der Waals surface area contributed by atoms with Crippen molar-refractivity contribution in [3.8, 4) is 0 Å². The van der Waals surface area contributed by atoms with Crippen molar-refractivity contribution in [2.75, 3.05) is 5.75 Å². The Bertz CT molecular complexity index is 91.6. The summed E-state index contributed by atoms with van der Waals surface area (Å²) in [5.74, 6) is 1.01. The van der Waals surface area contributed by atoms with E-state index in [2.05, 4.69) is 20.8 Å². The Morgan fingerprint density at radius 2 is 2.00 bits per heavy atom. The van der Waals surface area contributed by atoms with E-state index in [1.165, 1.54) is 0 Å². The summed E-state index contributed by atoms with van der Waals surface area (Å²) in [6, 6.07) is 0. The normalized spacial score (nSPS) is 12.9. The second-order valence-corrected chi connectivity index (χ2v) is 4.88. The van der Waals surface area contributed by atoms with Crippen LogP contribution in [0.25, 0.3) is 0 Å². The lowest BCUT2D eigenvalue weighted by Gasteiger charge is -2.15. The van der Waals surface area contributed by atoms with Crippen LogP contribution in [0.2, 0.25) is 0 Å². The van der Waals surface area contributed by atoms with Gasteiger partial charge in [-0.25, -0.2) is 0 Å². The highest BCUT2D eigenvalue weighted by atomic mass is 35.5. The molecular formula is C7H13ClS. The number of thioether (sulfide) groups is 1. The Morgan fingerprint density at radius 3 is 2.33 bits per heavy atom. The fourth-order valence-electron chi connectivity index (χ4n) is 0.334. The number of hydrogen-bond donors (Lipinski definition) is 0. The highest BCUT2D eigenvalue weighted by Crippen LogP contribution is 2.22. The van der Waals surface area contributed by atoms with E-state index in [-0.39, 0.29) is 0 Å². The van der Waals surface area contributed by atoms with Crippen LogP contribution in [0.4, 0.5) is 0 Å². The van der Waals surface area contributed by atoms with Crippen molar-refractivity contribution in [1.29, 1.82) is 0 Å². The molecule has 0 aliphatic rings. The number of rotatable bonds is 2. The van der Waals surface area contributed by atoms with Crippen molar-refractivity contribution in [2.24, 2.45) is 0 Å². The summed E-state index contributed by atoms with van der Waals surface area (Å²) in [7, 11) is 0. The van der Waals surface area contributed by atoms with Gasteiger partial charge in [0.25, 0.3) is 0 Å². The molecule has 0 unspecified atom stereocenters. The molecular weight excluding hydrogens is 152 g/mol. The molecule has 54 valence electrons. The van der Waals surface area contributed by atoms with Crippen LogP contribution in [0.3, 0.4) is 0 Å². The lowest BCUT2D eigenvalue weighted by atomic mass is 10.3. The van der Waals surface area contributed by atoms with Gasteiger partial charge in [0.15, 0.2) is 0 Å². The van der Waals surface area contributed by atoms with Crippen LogP contribution in [0, 0.1) is 0 Å². The van der Waals surface area contributed by atoms with Gasteiger partial charge in [-0.3, -0.25) is 0 Å². The minimum atomic E-state index is 0.358. The molecule has 9 heavy (non-hydrogen) atoms. The second-order valence-electron chi connectivity index (χ2n) is 2.79. The molecule has 2 heteroatoms. The maximum atomic E-state index is 5.34. The quantitative estimate of drug-likeness (QED) is 0.604. The molecule has 0 saturated carbocycles. The predicted octanol–water partition coefficient (Wildman–Crippen LogP) is 3.27. The van der Waals surface area contributed by atoms with Gasteiger partial charge >= 0.3 is 0 Å². The molecule has 0 N–H and O–H groups in total. The molecule has 0 aliphatic heterocycles. The first kappa shape index (κ1) is 9.38. The van der Waals surface area contributed by atoms with Gasteiger partial charge in [-0.2, -0.15) is 11.8 Å². The summed E-state index contributed by atoms with van der Waals surface area (Å²) in [6.07, 6.45) is 1.96. The average molecular weight is 165 g/mol. The highest BCUT2D eigenvalue weighted by molar-refractivity contribution is 8.00. The number of hydrogen-bond acceptors (Lipinski definition) is 1. The summed E-state index contributed by atoms with van der Waals surface area (Å²) < 4.78 is 0.358. The Kier molecular flexibility index (Phi) is 4.41. The Hall–Kier alpha value is 0.380. The molecule has 0 fully saturated rings. The van der Waals surface area contributed by atoms with Gasteiger partial charge < -0.3 is 0 Å². The molecule has 0 heterocycles. The van der Waals surface area contributed by atoms with Crippen LogP contribution in [-0.2, 0) is 0 Å². The highest BCUT2D eigenvalue weighted by Gasteiger charge is 2.07. The summed E-state index contributed by atoms with van der Waals surface area (Å²) in [5.41, 5.74) is 1.57. The van der Waals surface area contributed by atoms with Crippen LogP contribution in [0.1, 0.15) is 20.8 Å². The van der Waals surface area contributed by atoms with E-state index in [1.807, 2.05) is 17.8 Å². The zero-order chi connectivity index (χ0) is 7.33. The third kappa shape index (κ3) is 8.38. The van der Waals surface area contributed by atoms with Crippen LogP contribution in [0.5, 0.6) is 0 Å². The third-order valence-electron chi connectivity index (χ3n) is 0.702. The summed E-state index contributed by atoms with van der Waals surface area (Å²) >= 11 is 7.22. The topological polar surface area (TPSA) is 0 Å². The van der Waals surface area contributed by atoms with Crippen LogP contribution >= 0.6 is 23.4 Å². The van der Waals surface area contributed by atoms with Gasteiger partial charge in [0, 0.05) is 16.0 Å². The molecule has 0 aromatic carbocycles. The van der Waals surface area contributed by atoms with Crippen LogP contribution < -0.4 is 0 Å². The molecule has 0 rings (SSSR count). The van der Waals surface area contributed by atoms with Gasteiger partial charge in [0.05, 0.1) is 0 Å². The fraction of sp³-hybridized carbons (Fsp3) is 0.714. The van der Waals surface area contributed by atoms with Crippen molar-refractivity contribution >= 4 is 23.4 Å². The smallest absolute Gasteiger partial charge is 0.0130 e. The Balaban J connectivity index is 3.28. The second kappa shape index (κ2) is 4.24. The summed E-state index contributed by atoms with van der Waals surface area (Å²) in [5, 5.41) is 0. The van der Waals surface area contributed by atoms with E-state index in [1.54, 1.807) is 5.54 Å². The van der Waals surface area contributed by atoms with Crippen molar-refractivity contribution < 1.29 is 0 Å². The molecule has 0 aromatic heterocycles. The molecule has 0 bridgehead atoms. The summed E-state index contributed by atoms with van der Waals surface area (Å²) in [4.78, 5) is 0. The molecule has 0 aromatic rings. The van der Waals surface area contributed by atoms with Crippen LogP contribution in [-0.4, -0.2) is 10.5 Å². The molecule has 0 amide bonds. The Labute approximate surface area is 66.7 Å². The van der Waals surface area contributed by atoms with Crippen molar-refractivity contribution in [3.05, 3.63) is 11.6 Å². The average Bonchev–Trinajstić information content (AvgIpc) is 1.63. The molecule has 0 atom stereocenters. The zero-order valence-corrected chi connectivity index (χ0v) is 7.72. The summed E-state index contributed by atoms with van der Waals surface area (Å²) in [6.45, 7) is 6.58. The molecule has 0 spiro atoms. The minimum absolute atomic E-state index is 0.358. The van der Waals surface area contributed by atoms with E-state index in [0.717, 1.165) is 5.75 Å². The lowest BCUT2D eigenvalue weighted by molar-refractivity contribution is 0.804. The van der Waals surface area contributed by atoms with E-state index < -0.39 is 0 Å². The first-order valence-corrected chi connectivity index (χ1v) is 4.37. The van der Waals surface area contributed by atoms with Crippen molar-refractivity contribution in [2.45, 2.75) is 25.5 Å². The van der Waals surface area contributed by atoms with E-state index in [9.17, 15) is 0 Å². The van der Waals surface area contributed by atoms with Crippen LogP contribution in [0.15, 0.2) is 11.6 Å². The predicted molar refractivity (Wildman–Crippen MR) is 47.2 cm³/mol. The maximum Gasteiger partial charge on any atom is 0.0130 e. The van der Waals surface area contributed by atoms with Gasteiger partial charge in [-0.05, 0) is 0 Å². The van der Waals surface area contributed by atoms with E-state index in [4.69, 9.17) is 11.6 Å². The fourth-order valence-corrected chi connectivity index (χ4v) is 1.22.